The maximum Gasteiger partial charge on any atom is 0.303 e. The number of ether oxygens (including phenoxy) is 1. The van der Waals surface area contributed by atoms with Gasteiger partial charge in [0.2, 0.25) is 5.89 Å². The van der Waals surface area contributed by atoms with Gasteiger partial charge in [-0.3, -0.25) is 4.79 Å². The van der Waals surface area contributed by atoms with E-state index in [1.165, 1.54) is 0 Å². The second kappa shape index (κ2) is 4.87. The summed E-state index contributed by atoms with van der Waals surface area (Å²) in [5, 5.41) is 8.60. The highest BCUT2D eigenvalue weighted by atomic mass is 16.5. The van der Waals surface area contributed by atoms with Crippen molar-refractivity contribution in [2.24, 2.45) is 0 Å². The van der Waals surface area contributed by atoms with E-state index in [4.69, 9.17) is 14.3 Å². The van der Waals surface area contributed by atoms with Crippen LogP contribution in [0.2, 0.25) is 0 Å². The number of aliphatic carboxylic acids is 1. The third kappa shape index (κ3) is 2.85. The van der Waals surface area contributed by atoms with Crippen LogP contribution in [0.15, 0.2) is 10.6 Å². The zero-order valence-corrected chi connectivity index (χ0v) is 9.94. The standard InChI is InChI=1S/C12H17NO4/c1-12(5-2-6-16-8-12)11-13-7-9(17-11)3-4-10(14)15/h7H,2-6,8H2,1H3,(H,14,15). The summed E-state index contributed by atoms with van der Waals surface area (Å²) in [5.74, 6) is 0.474. The number of nitrogens with zero attached hydrogens (tertiary/aromatic N) is 1. The van der Waals surface area contributed by atoms with E-state index in [9.17, 15) is 4.79 Å². The number of carbonyl (C=O) groups is 1. The molecule has 0 aliphatic carbocycles. The summed E-state index contributed by atoms with van der Waals surface area (Å²) in [6.07, 6.45) is 4.08. The van der Waals surface area contributed by atoms with Gasteiger partial charge < -0.3 is 14.3 Å². The van der Waals surface area contributed by atoms with Gasteiger partial charge in [-0.1, -0.05) is 0 Å². The quantitative estimate of drug-likeness (QED) is 0.866. The van der Waals surface area contributed by atoms with E-state index in [0.717, 1.165) is 19.4 Å². The molecular weight excluding hydrogens is 222 g/mol. The molecular formula is C12H17NO4. The second-order valence-electron chi connectivity index (χ2n) is 4.74. The fourth-order valence-corrected chi connectivity index (χ4v) is 2.03. The maximum absolute atomic E-state index is 10.5. The van der Waals surface area contributed by atoms with Crippen LogP contribution in [0.5, 0.6) is 0 Å². The summed E-state index contributed by atoms with van der Waals surface area (Å²) in [4.78, 5) is 14.7. The first-order chi connectivity index (χ1) is 8.10. The molecule has 94 valence electrons. The summed E-state index contributed by atoms with van der Waals surface area (Å²) in [6.45, 7) is 3.48. The average molecular weight is 239 g/mol. The third-order valence-corrected chi connectivity index (χ3v) is 3.09. The smallest absolute Gasteiger partial charge is 0.303 e. The fraction of sp³-hybridized carbons (Fsp3) is 0.667. The zero-order chi connectivity index (χ0) is 12.3. The lowest BCUT2D eigenvalue weighted by atomic mass is 9.85. The molecule has 1 unspecified atom stereocenters. The van der Waals surface area contributed by atoms with E-state index in [2.05, 4.69) is 11.9 Å². The van der Waals surface area contributed by atoms with Gasteiger partial charge in [-0.15, -0.1) is 0 Å². The van der Waals surface area contributed by atoms with Crippen LogP contribution < -0.4 is 0 Å². The first kappa shape index (κ1) is 12.1. The van der Waals surface area contributed by atoms with Crippen LogP contribution in [0, 0.1) is 0 Å². The Morgan fingerprint density at radius 2 is 2.47 bits per heavy atom. The molecule has 2 rings (SSSR count). The van der Waals surface area contributed by atoms with E-state index < -0.39 is 5.97 Å². The normalized spacial score (nSPS) is 24.8. The number of carboxylic acid groups (broad SMARTS) is 1. The third-order valence-electron chi connectivity index (χ3n) is 3.09. The molecule has 1 saturated heterocycles. The van der Waals surface area contributed by atoms with Gasteiger partial charge in [-0.05, 0) is 19.8 Å². The van der Waals surface area contributed by atoms with Crippen LogP contribution in [-0.4, -0.2) is 29.3 Å². The molecule has 0 bridgehead atoms. The number of carboxylic acids is 1. The number of aryl methyl sites for hydroxylation is 1. The van der Waals surface area contributed by atoms with Gasteiger partial charge in [-0.2, -0.15) is 0 Å². The molecule has 5 heteroatoms. The molecule has 0 aromatic carbocycles. The van der Waals surface area contributed by atoms with Crippen LogP contribution in [0.1, 0.15) is 37.8 Å². The van der Waals surface area contributed by atoms with Crippen LogP contribution in [0.25, 0.3) is 0 Å². The van der Waals surface area contributed by atoms with Crippen molar-refractivity contribution in [1.29, 1.82) is 0 Å². The van der Waals surface area contributed by atoms with Crippen molar-refractivity contribution >= 4 is 5.97 Å². The topological polar surface area (TPSA) is 72.6 Å². The molecule has 1 aliphatic heterocycles. The van der Waals surface area contributed by atoms with Gasteiger partial charge >= 0.3 is 5.97 Å². The molecule has 1 aromatic heterocycles. The van der Waals surface area contributed by atoms with Gasteiger partial charge in [0.05, 0.1) is 24.6 Å². The van der Waals surface area contributed by atoms with Gasteiger partial charge in [0, 0.05) is 13.0 Å². The Kier molecular flexibility index (Phi) is 3.47. The van der Waals surface area contributed by atoms with Gasteiger partial charge in [0.1, 0.15) is 5.76 Å². The van der Waals surface area contributed by atoms with Gasteiger partial charge in [0.25, 0.3) is 0 Å². The molecule has 0 radical (unpaired) electrons. The Morgan fingerprint density at radius 1 is 1.65 bits per heavy atom. The molecule has 1 fully saturated rings. The number of hydrogen-bond acceptors (Lipinski definition) is 4. The van der Waals surface area contributed by atoms with Crippen LogP contribution in [0.3, 0.4) is 0 Å². The molecule has 2 heterocycles. The fourth-order valence-electron chi connectivity index (χ4n) is 2.03. The van der Waals surface area contributed by atoms with E-state index in [0.29, 0.717) is 24.7 Å². The highest BCUT2D eigenvalue weighted by Gasteiger charge is 2.34. The van der Waals surface area contributed by atoms with Gasteiger partial charge in [0.15, 0.2) is 0 Å². The van der Waals surface area contributed by atoms with Crippen molar-refractivity contribution in [1.82, 2.24) is 4.98 Å². The highest BCUT2D eigenvalue weighted by Crippen LogP contribution is 2.32. The van der Waals surface area contributed by atoms with E-state index in [1.807, 2.05) is 0 Å². The van der Waals surface area contributed by atoms with E-state index in [1.54, 1.807) is 6.20 Å². The molecule has 0 amide bonds. The maximum atomic E-state index is 10.5. The summed E-state index contributed by atoms with van der Waals surface area (Å²) < 4.78 is 11.1. The molecule has 1 aliphatic rings. The van der Waals surface area contributed by atoms with Crippen molar-refractivity contribution in [2.45, 2.75) is 38.0 Å². The summed E-state index contributed by atoms with van der Waals surface area (Å²) in [5.41, 5.74) is -0.167. The summed E-state index contributed by atoms with van der Waals surface area (Å²) >= 11 is 0. The van der Waals surface area contributed by atoms with Crippen molar-refractivity contribution in [3.8, 4) is 0 Å². The Hall–Kier alpha value is -1.36. The van der Waals surface area contributed by atoms with Crippen LogP contribution in [0.4, 0.5) is 0 Å². The minimum absolute atomic E-state index is 0.0713. The molecule has 1 atom stereocenters. The number of rotatable bonds is 4. The van der Waals surface area contributed by atoms with Crippen LogP contribution >= 0.6 is 0 Å². The van der Waals surface area contributed by atoms with Crippen molar-refractivity contribution in [3.05, 3.63) is 17.8 Å². The van der Waals surface area contributed by atoms with Gasteiger partial charge in [-0.25, -0.2) is 4.98 Å². The average Bonchev–Trinajstić information content (AvgIpc) is 2.76. The molecule has 17 heavy (non-hydrogen) atoms. The molecule has 1 aromatic rings. The number of hydrogen-bond donors (Lipinski definition) is 1. The minimum atomic E-state index is -0.824. The largest absolute Gasteiger partial charge is 0.481 e. The minimum Gasteiger partial charge on any atom is -0.481 e. The van der Waals surface area contributed by atoms with Crippen LogP contribution in [-0.2, 0) is 21.4 Å². The Balaban J connectivity index is 2.03. The second-order valence-corrected chi connectivity index (χ2v) is 4.74. The summed E-state index contributed by atoms with van der Waals surface area (Å²) in [6, 6.07) is 0. The predicted molar refractivity (Wildman–Crippen MR) is 59.9 cm³/mol. The molecule has 5 nitrogen and oxygen atoms in total. The van der Waals surface area contributed by atoms with E-state index >= 15 is 0 Å². The predicted octanol–water partition coefficient (Wildman–Crippen LogP) is 1.76. The Morgan fingerprint density at radius 3 is 3.12 bits per heavy atom. The first-order valence-corrected chi connectivity index (χ1v) is 5.85. The monoisotopic (exact) mass is 239 g/mol. The number of aromatic nitrogens is 1. The lowest BCUT2D eigenvalue weighted by Gasteiger charge is -2.30. The lowest BCUT2D eigenvalue weighted by Crippen LogP contribution is -2.33. The van der Waals surface area contributed by atoms with E-state index in [-0.39, 0.29) is 11.8 Å². The Bertz CT molecular complexity index is 393. The molecule has 0 spiro atoms. The molecule has 1 N–H and O–H groups in total. The SMILES string of the molecule is CC1(c2ncc(CCC(=O)O)o2)CCCOC1. The Labute approximate surface area is 99.8 Å². The lowest BCUT2D eigenvalue weighted by molar-refractivity contribution is -0.137. The van der Waals surface area contributed by atoms with Crippen molar-refractivity contribution in [3.63, 3.8) is 0 Å². The zero-order valence-electron chi connectivity index (χ0n) is 9.94. The van der Waals surface area contributed by atoms with Crippen molar-refractivity contribution in [2.75, 3.05) is 13.2 Å². The van der Waals surface area contributed by atoms with Crippen molar-refractivity contribution < 1.29 is 19.1 Å². The highest BCUT2D eigenvalue weighted by molar-refractivity contribution is 5.66. The molecule has 0 saturated carbocycles. The first-order valence-electron chi connectivity index (χ1n) is 5.85. The number of oxazole rings is 1. The summed E-state index contributed by atoms with van der Waals surface area (Å²) in [7, 11) is 0.